The quantitative estimate of drug-likeness (QED) is 0.233. The van der Waals surface area contributed by atoms with E-state index in [0.717, 1.165) is 11.1 Å². The molecular weight excluding hydrogens is 480 g/mol. The summed E-state index contributed by atoms with van der Waals surface area (Å²) >= 11 is 0. The molecule has 0 saturated carbocycles. The molecule has 0 aliphatic carbocycles. The van der Waals surface area contributed by atoms with Gasteiger partial charge in [-0.3, -0.25) is 10.1 Å². The summed E-state index contributed by atoms with van der Waals surface area (Å²) in [6, 6.07) is 31.9. The monoisotopic (exact) mass is 504 g/mol. The molecule has 0 unspecified atom stereocenters. The Bertz CT molecular complexity index is 1540. The maximum atomic E-state index is 12.0. The van der Waals surface area contributed by atoms with Crippen molar-refractivity contribution in [3.05, 3.63) is 135 Å². The highest BCUT2D eigenvalue weighted by Crippen LogP contribution is 2.36. The predicted octanol–water partition coefficient (Wildman–Crippen LogP) is 6.37. The fourth-order valence-electron chi connectivity index (χ4n) is 4.65. The number of nitro benzene ring substituents is 1. The largest absolute Gasteiger partial charge is 0.475 e. The van der Waals surface area contributed by atoms with Gasteiger partial charge in [-0.15, -0.1) is 0 Å². The van der Waals surface area contributed by atoms with Crippen LogP contribution in [0.1, 0.15) is 34.3 Å². The molecule has 0 aromatic heterocycles. The molecule has 8 nitrogen and oxygen atoms in total. The third-order valence-electron chi connectivity index (χ3n) is 6.56. The van der Waals surface area contributed by atoms with E-state index in [-0.39, 0.29) is 17.8 Å². The third kappa shape index (κ3) is 4.59. The first-order chi connectivity index (χ1) is 18.7. The average Bonchev–Trinajstić information content (AvgIpc) is 3.65. The van der Waals surface area contributed by atoms with Crippen LogP contribution in [0, 0.1) is 10.1 Å². The van der Waals surface area contributed by atoms with Gasteiger partial charge in [0.05, 0.1) is 21.7 Å². The van der Waals surface area contributed by atoms with Crippen molar-refractivity contribution in [3.8, 4) is 0 Å². The van der Waals surface area contributed by atoms with Crippen molar-refractivity contribution in [3.63, 3.8) is 0 Å². The van der Waals surface area contributed by atoms with Crippen LogP contribution >= 0.6 is 0 Å². The minimum absolute atomic E-state index is 0.0804. The molecule has 2 heterocycles. The number of nitrogens with zero attached hydrogens (tertiary/aromatic N) is 3. The Morgan fingerprint density at radius 3 is 1.82 bits per heavy atom. The SMILES string of the molecule is O=[N+]([O-])c1cccc(C2=N[C@H](c3ccccc3)CO2)c1Nc1ccccc1C1=N[C@H](c2ccccc2)CO1. The van der Waals surface area contributed by atoms with Gasteiger partial charge in [0.25, 0.3) is 5.69 Å². The molecule has 0 fully saturated rings. The van der Waals surface area contributed by atoms with E-state index in [0.29, 0.717) is 47.5 Å². The zero-order valence-electron chi connectivity index (χ0n) is 20.4. The third-order valence-corrected chi connectivity index (χ3v) is 6.56. The molecule has 0 saturated heterocycles. The zero-order chi connectivity index (χ0) is 25.9. The van der Waals surface area contributed by atoms with E-state index in [1.807, 2.05) is 84.9 Å². The highest BCUT2D eigenvalue weighted by atomic mass is 16.6. The summed E-state index contributed by atoms with van der Waals surface area (Å²) in [6.07, 6.45) is 0. The van der Waals surface area contributed by atoms with Gasteiger partial charge in [0.15, 0.2) is 0 Å². The number of anilines is 2. The number of ether oxygens (including phenoxy) is 2. The summed E-state index contributed by atoms with van der Waals surface area (Å²) in [5.41, 5.74) is 4.18. The molecule has 4 aromatic rings. The number of aliphatic imine (C=N–C) groups is 2. The summed E-state index contributed by atoms with van der Waals surface area (Å²) in [4.78, 5) is 21.2. The van der Waals surface area contributed by atoms with Crippen molar-refractivity contribution in [1.29, 1.82) is 0 Å². The molecule has 6 rings (SSSR count). The topological polar surface area (TPSA) is 98.4 Å². The first kappa shape index (κ1) is 23.4. The van der Waals surface area contributed by atoms with Crippen LogP contribution in [0.5, 0.6) is 0 Å². The summed E-state index contributed by atoms with van der Waals surface area (Å²) < 4.78 is 11.9. The first-order valence-electron chi connectivity index (χ1n) is 12.3. The van der Waals surface area contributed by atoms with Crippen LogP contribution in [0.3, 0.4) is 0 Å². The molecule has 2 atom stereocenters. The first-order valence-corrected chi connectivity index (χ1v) is 12.3. The van der Waals surface area contributed by atoms with E-state index >= 15 is 0 Å². The summed E-state index contributed by atoms with van der Waals surface area (Å²) in [6.45, 7) is 0.791. The van der Waals surface area contributed by atoms with E-state index < -0.39 is 4.92 Å². The molecule has 2 aliphatic rings. The molecule has 0 amide bonds. The predicted molar refractivity (Wildman–Crippen MR) is 146 cm³/mol. The van der Waals surface area contributed by atoms with Gasteiger partial charge in [0.1, 0.15) is 31.0 Å². The minimum atomic E-state index is -0.409. The molecule has 0 radical (unpaired) electrons. The Morgan fingerprint density at radius 2 is 1.21 bits per heavy atom. The lowest BCUT2D eigenvalue weighted by molar-refractivity contribution is -0.383. The lowest BCUT2D eigenvalue weighted by Gasteiger charge is -2.15. The van der Waals surface area contributed by atoms with Gasteiger partial charge in [-0.05, 0) is 29.3 Å². The summed E-state index contributed by atoms with van der Waals surface area (Å²) in [5, 5.41) is 15.3. The fraction of sp³-hybridized carbons (Fsp3) is 0.133. The number of nitro groups is 1. The molecule has 1 N–H and O–H groups in total. The number of rotatable bonds is 7. The number of benzene rings is 4. The maximum Gasteiger partial charge on any atom is 0.293 e. The van der Waals surface area contributed by atoms with Crippen LogP contribution in [0.15, 0.2) is 113 Å². The summed E-state index contributed by atoms with van der Waals surface area (Å²) in [5.74, 6) is 0.849. The lowest BCUT2D eigenvalue weighted by atomic mass is 10.1. The van der Waals surface area contributed by atoms with Gasteiger partial charge in [-0.25, -0.2) is 9.98 Å². The second-order valence-electron chi connectivity index (χ2n) is 8.97. The van der Waals surface area contributed by atoms with E-state index in [1.54, 1.807) is 12.1 Å². The zero-order valence-corrected chi connectivity index (χ0v) is 20.4. The summed E-state index contributed by atoms with van der Waals surface area (Å²) in [7, 11) is 0. The van der Waals surface area contributed by atoms with Gasteiger partial charge < -0.3 is 14.8 Å². The molecule has 188 valence electrons. The van der Waals surface area contributed by atoms with Crippen LogP contribution in [0.4, 0.5) is 17.1 Å². The Labute approximate surface area is 219 Å². The normalized spacial score (nSPS) is 18.2. The standard InChI is InChI=1S/C30H24N4O4/c35-34(36)27-17-9-15-23(30-33-26(19-38-30)21-12-5-2-6-13-21)28(27)31-24-16-8-7-14-22(24)29-32-25(18-37-29)20-10-3-1-4-11-20/h1-17,25-26,31H,18-19H2/t25-,26-/m0/s1. The highest BCUT2D eigenvalue weighted by molar-refractivity contribution is 6.05. The van der Waals surface area contributed by atoms with E-state index in [1.165, 1.54) is 6.07 Å². The van der Waals surface area contributed by atoms with Gasteiger partial charge >= 0.3 is 0 Å². The van der Waals surface area contributed by atoms with Crippen LogP contribution in [0.25, 0.3) is 0 Å². The Morgan fingerprint density at radius 1 is 0.684 bits per heavy atom. The average molecular weight is 505 g/mol. The smallest absolute Gasteiger partial charge is 0.293 e. The Hall–Kier alpha value is -4.98. The van der Waals surface area contributed by atoms with Gasteiger partial charge in [0.2, 0.25) is 11.8 Å². The molecule has 0 bridgehead atoms. The van der Waals surface area contributed by atoms with E-state index in [2.05, 4.69) is 5.32 Å². The molecule has 2 aliphatic heterocycles. The van der Waals surface area contributed by atoms with Gasteiger partial charge in [0, 0.05) is 6.07 Å². The molecule has 38 heavy (non-hydrogen) atoms. The number of para-hydroxylation sites is 2. The van der Waals surface area contributed by atoms with E-state index in [4.69, 9.17) is 19.5 Å². The number of hydrogen-bond donors (Lipinski definition) is 1. The van der Waals surface area contributed by atoms with Crippen LogP contribution in [-0.4, -0.2) is 29.9 Å². The van der Waals surface area contributed by atoms with Crippen molar-refractivity contribution in [2.75, 3.05) is 18.5 Å². The second kappa shape index (κ2) is 10.2. The molecule has 0 spiro atoms. The van der Waals surface area contributed by atoms with Crippen molar-refractivity contribution in [1.82, 2.24) is 0 Å². The lowest BCUT2D eigenvalue weighted by Crippen LogP contribution is -2.10. The van der Waals surface area contributed by atoms with Crippen molar-refractivity contribution in [2.24, 2.45) is 9.98 Å². The number of nitrogens with one attached hydrogen (secondary N) is 1. The fourth-order valence-corrected chi connectivity index (χ4v) is 4.65. The Balaban J connectivity index is 1.36. The second-order valence-corrected chi connectivity index (χ2v) is 8.97. The molecule has 8 heteroatoms. The van der Waals surface area contributed by atoms with Crippen LogP contribution < -0.4 is 5.32 Å². The van der Waals surface area contributed by atoms with Crippen molar-refractivity contribution >= 4 is 28.9 Å². The van der Waals surface area contributed by atoms with Crippen molar-refractivity contribution < 1.29 is 14.4 Å². The van der Waals surface area contributed by atoms with Crippen LogP contribution in [0.2, 0.25) is 0 Å². The number of hydrogen-bond acceptors (Lipinski definition) is 7. The minimum Gasteiger partial charge on any atom is -0.475 e. The van der Waals surface area contributed by atoms with E-state index in [9.17, 15) is 10.1 Å². The maximum absolute atomic E-state index is 12.0. The molecule has 4 aromatic carbocycles. The van der Waals surface area contributed by atoms with Crippen molar-refractivity contribution in [2.45, 2.75) is 12.1 Å². The highest BCUT2D eigenvalue weighted by Gasteiger charge is 2.29. The van der Waals surface area contributed by atoms with Crippen LogP contribution in [-0.2, 0) is 9.47 Å². The van der Waals surface area contributed by atoms with Gasteiger partial charge in [-0.2, -0.15) is 0 Å². The molecular formula is C30H24N4O4. The van der Waals surface area contributed by atoms with Gasteiger partial charge in [-0.1, -0.05) is 78.9 Å². The Kier molecular flexibility index (Phi) is 6.27.